The number of fused-ring (bicyclic) bond motifs is 5. The van der Waals surface area contributed by atoms with Gasteiger partial charge in [-0.2, -0.15) is 0 Å². The monoisotopic (exact) mass is 1910 g/mol. The van der Waals surface area contributed by atoms with Crippen molar-refractivity contribution in [3.63, 3.8) is 0 Å². The van der Waals surface area contributed by atoms with E-state index < -0.39 is 53.8 Å². The van der Waals surface area contributed by atoms with Crippen molar-refractivity contribution < 1.29 is 81.4 Å². The Labute approximate surface area is 822 Å². The van der Waals surface area contributed by atoms with E-state index in [1.807, 2.05) is 152 Å². The van der Waals surface area contributed by atoms with E-state index >= 15 is 0 Å². The maximum absolute atomic E-state index is 13.0. The first kappa shape index (κ1) is 135. The summed E-state index contributed by atoms with van der Waals surface area (Å²) in [6.45, 7) is 44.8. The topological polar surface area (TPSA) is 357 Å². The second-order valence-corrected chi connectivity index (χ2v) is 28.8. The van der Waals surface area contributed by atoms with Crippen LogP contribution >= 0.6 is 0 Å². The number of carbonyl (C=O) groups excluding carboxylic acids is 15. The average molecular weight is 1910 g/mol. The number of carbonyl (C=O) groups is 15. The predicted molar refractivity (Wildman–Crippen MR) is 555 cm³/mol. The molecule has 15 amide bonds. The average Bonchev–Trinajstić information content (AvgIpc) is 1.55. The first-order valence-electron chi connectivity index (χ1n) is 44.7. The van der Waals surface area contributed by atoms with Crippen LogP contribution in [0.4, 0.5) is 0 Å². The lowest BCUT2D eigenvalue weighted by Crippen LogP contribution is -2.54. The van der Waals surface area contributed by atoms with Crippen LogP contribution in [0.2, 0.25) is 0 Å². The standard InChI is InChI=1S/C28H34N4O3.C15H16N2O3.C14H14N2O4.C13H10N2O4.C13H12N2O3.7C2H6.11CH4/c1-3-30-13-15-31(16-14-30)17-21-8-10-22(11-9-21)19-35-26-6-4-5-23-24(26)18-32(28(23)34)25-12-7-20(2)29-27(25)33;1-2-9-4-3-5-10-11(9)8-17(15(10)20)12-6-7-13(18)16-14(12)19;1-20-11-4-2-3-8-9(11)7-16(14(8)19)10-5-6-12(17)15-13(10)18;16-10-6-5-9(11(17)14-10)15-12(18)7-3-1-2-4-8(7)13(15)19;16-11-6-5-10(12(17)14-11)15-7-8-3-1-2-4-9(8)13(15)18;7*1-2;;;;;;;;;;;/h4-6,8-11,25H,2-3,7,12-19H2,1H3,(H,29,33);3-5,12H,2,6-8H2,1H3,(H,16,18,19);2-4,10H,5-7H2,1H3,(H,15,17,18);1-4,9H,5-6H2,(H,14,16,17);1-4,10H,5-7H2,(H,14,16,17);7*1-2H3;11*1H4/t25-;12-;10-;;;;;;;;;;;;;;;;;;;;/m111..................../s1. The van der Waals surface area contributed by atoms with Crippen LogP contribution in [0.1, 0.15) is 358 Å². The molecule has 0 saturated carbocycles. The van der Waals surface area contributed by atoms with Gasteiger partial charge in [-0.05, 0) is 128 Å². The van der Waals surface area contributed by atoms with E-state index in [1.54, 1.807) is 70.3 Å². The summed E-state index contributed by atoms with van der Waals surface area (Å²) in [5.74, 6) is -3.19. The van der Waals surface area contributed by atoms with Crippen molar-refractivity contribution >= 4 is 88.6 Å². The number of aryl methyl sites for hydroxylation is 1. The number of ether oxygens (including phenoxy) is 2. The number of allylic oxidation sites excluding steroid dienone is 1. The number of hydrogen-bond donors (Lipinski definition) is 5. The van der Waals surface area contributed by atoms with E-state index in [2.05, 4.69) is 81.1 Å². The first-order chi connectivity index (χ1) is 61.0. The fourth-order valence-electron chi connectivity index (χ4n) is 15.9. The summed E-state index contributed by atoms with van der Waals surface area (Å²) >= 11 is 0. The molecule has 6 aromatic carbocycles. The molecule has 11 heterocycles. The summed E-state index contributed by atoms with van der Waals surface area (Å²) in [5, 5.41) is 11.8. The van der Waals surface area contributed by atoms with Gasteiger partial charge in [0.15, 0.2) is 0 Å². The normalized spacial score (nSPS) is 18.3. The fraction of sp³-hybridized carbons (Fsp3) is 0.509. The molecule has 29 heteroatoms. The minimum Gasteiger partial charge on any atom is -0.496 e. The molecule has 5 N–H and O–H groups in total. The number of piperazine rings is 1. The Bertz CT molecular complexity index is 4740. The lowest BCUT2D eigenvalue weighted by atomic mass is 10.0. The van der Waals surface area contributed by atoms with Crippen LogP contribution in [0.15, 0.2) is 140 Å². The fourth-order valence-corrected chi connectivity index (χ4v) is 15.9. The molecule has 6 fully saturated rings. The maximum Gasteiger partial charge on any atom is 0.262 e. The number of rotatable bonds is 13. The number of methoxy groups -OCH3 is 1. The number of piperidine rings is 5. The van der Waals surface area contributed by atoms with Gasteiger partial charge in [-0.15, -0.1) is 0 Å². The second-order valence-electron chi connectivity index (χ2n) is 28.8. The van der Waals surface area contributed by atoms with Crippen LogP contribution in [0.5, 0.6) is 11.5 Å². The third-order valence-corrected chi connectivity index (χ3v) is 22.0. The van der Waals surface area contributed by atoms with Crippen LogP contribution in [0.3, 0.4) is 0 Å². The smallest absolute Gasteiger partial charge is 0.262 e. The predicted octanol–water partition coefficient (Wildman–Crippen LogP) is 19.3. The van der Waals surface area contributed by atoms with E-state index in [4.69, 9.17) is 9.47 Å². The quantitative estimate of drug-likeness (QED) is 0.0671. The zero-order chi connectivity index (χ0) is 93.2. The minimum absolute atomic E-state index is 0. The number of nitrogens with one attached hydrogen (secondary N) is 5. The highest BCUT2D eigenvalue weighted by atomic mass is 16.5. The van der Waals surface area contributed by atoms with Crippen LogP contribution in [0.25, 0.3) is 0 Å². The lowest BCUT2D eigenvalue weighted by Gasteiger charge is -2.34. The summed E-state index contributed by atoms with van der Waals surface area (Å²) in [7, 11) is 1.55. The third kappa shape index (κ3) is 32.9. The zero-order valence-electron chi connectivity index (χ0n) is 76.3. The van der Waals surface area contributed by atoms with Crippen LogP contribution < -0.4 is 36.1 Å². The van der Waals surface area contributed by atoms with E-state index in [-0.39, 0.29) is 179 Å². The number of likely N-dealkylation sites (N-methyl/N-ethyl adjacent to an activating group) is 1. The van der Waals surface area contributed by atoms with E-state index in [9.17, 15) is 71.9 Å². The van der Waals surface area contributed by atoms with Gasteiger partial charge in [-0.3, -0.25) is 103 Å². The lowest BCUT2D eigenvalue weighted by molar-refractivity contribution is -0.138. The number of imide groups is 5. The Kier molecular flexibility index (Phi) is 66.2. The summed E-state index contributed by atoms with van der Waals surface area (Å²) in [4.78, 5) is 191. The molecule has 5 atom stereocenters. The number of amides is 15. The van der Waals surface area contributed by atoms with Gasteiger partial charge in [0.05, 0.1) is 31.3 Å². The Hall–Kier alpha value is -12.4. The molecule has 6 saturated heterocycles. The summed E-state index contributed by atoms with van der Waals surface area (Å²) in [5.41, 5.74) is 11.0. The molecule has 11 aliphatic rings. The van der Waals surface area contributed by atoms with Gasteiger partial charge in [0.25, 0.3) is 35.4 Å². The highest BCUT2D eigenvalue weighted by Crippen LogP contribution is 2.38. The van der Waals surface area contributed by atoms with Crippen molar-refractivity contribution in [1.29, 1.82) is 0 Å². The molecule has 6 aromatic rings. The van der Waals surface area contributed by atoms with Crippen molar-refractivity contribution in [2.24, 2.45) is 0 Å². The van der Waals surface area contributed by atoms with Crippen LogP contribution in [-0.4, -0.2) is 193 Å². The molecule has 0 radical (unpaired) electrons. The van der Waals surface area contributed by atoms with Gasteiger partial charge in [0, 0.05) is 111 Å². The number of nitrogens with zero attached hydrogens (tertiary/aromatic N) is 7. The Morgan fingerprint density at radius 1 is 0.321 bits per heavy atom. The SMILES string of the molecule is C.C.C.C.C.C.C.C.C.C.C.C=C1CC[C@@H](N2Cc3c(OCc4ccc(CN5CCN(CC)CC5)cc4)cccc3C2=O)C(=O)N1.CC.CC.CC.CC.CC.CC.CC.CCc1cccc2c1CN([C@@H]1CCC(=O)NC1=O)C2=O.COc1cccc2c1CN([C@@H]1CCC(=O)NC1=O)C2=O.O=C1CCC(N2C(=O)c3ccccc3C2=O)C(=O)N1.O=C1CCC(N2Cc3ccccc3C2=O)C(=O)N1. The molecule has 17 rings (SSSR count). The molecule has 0 bridgehead atoms. The van der Waals surface area contributed by atoms with E-state index in [1.165, 1.54) is 10.5 Å². The van der Waals surface area contributed by atoms with Gasteiger partial charge in [-0.1, -0.05) is 278 Å². The highest BCUT2D eigenvalue weighted by molar-refractivity contribution is 6.23. The van der Waals surface area contributed by atoms with Crippen LogP contribution in [-0.2, 0) is 88.9 Å². The molecule has 766 valence electrons. The largest absolute Gasteiger partial charge is 0.496 e. The molecular weight excluding hydrogens is 1740 g/mol. The van der Waals surface area contributed by atoms with E-state index in [0.717, 1.165) is 84.0 Å². The van der Waals surface area contributed by atoms with Gasteiger partial charge in [0.1, 0.15) is 48.3 Å². The maximum atomic E-state index is 13.0. The Morgan fingerprint density at radius 2 is 0.635 bits per heavy atom. The van der Waals surface area contributed by atoms with Crippen molar-refractivity contribution in [3.05, 3.63) is 212 Å². The van der Waals surface area contributed by atoms with E-state index in [0.29, 0.717) is 115 Å². The van der Waals surface area contributed by atoms with Crippen molar-refractivity contribution in [2.75, 3.05) is 39.8 Å². The molecule has 0 spiro atoms. The minimum atomic E-state index is -0.898. The van der Waals surface area contributed by atoms with Gasteiger partial charge < -0.3 is 39.3 Å². The Morgan fingerprint density at radius 3 is 1.01 bits per heavy atom. The second kappa shape index (κ2) is 67.0. The number of benzene rings is 6. The molecule has 0 aromatic heterocycles. The zero-order valence-corrected chi connectivity index (χ0v) is 76.3. The van der Waals surface area contributed by atoms with Gasteiger partial charge in [-0.25, -0.2) is 0 Å². The summed E-state index contributed by atoms with van der Waals surface area (Å²) < 4.78 is 11.4. The molecule has 2 unspecified atom stereocenters. The molecule has 137 heavy (non-hydrogen) atoms. The molecular formula is C108H172N12O17. The Balaban J connectivity index is -0.000000379. The molecule has 11 aliphatic heterocycles. The summed E-state index contributed by atoms with van der Waals surface area (Å²) in [6.07, 6.45) is 4.47. The molecule has 0 aliphatic carbocycles. The third-order valence-electron chi connectivity index (χ3n) is 22.0. The highest BCUT2D eigenvalue weighted by Gasteiger charge is 2.47. The molecule has 29 nitrogen and oxygen atoms in total. The van der Waals surface area contributed by atoms with Crippen molar-refractivity contribution in [3.8, 4) is 11.5 Å². The van der Waals surface area contributed by atoms with Gasteiger partial charge >= 0.3 is 0 Å². The van der Waals surface area contributed by atoms with Gasteiger partial charge in [0.2, 0.25) is 53.2 Å². The van der Waals surface area contributed by atoms with Crippen molar-refractivity contribution in [2.45, 2.75) is 333 Å². The first-order valence-corrected chi connectivity index (χ1v) is 44.7. The summed E-state index contributed by atoms with van der Waals surface area (Å²) in [6, 6.07) is 35.9. The van der Waals surface area contributed by atoms with Crippen molar-refractivity contribution in [1.82, 2.24) is 60.9 Å². The number of hydrogen-bond acceptors (Lipinski definition) is 19. The van der Waals surface area contributed by atoms with Crippen LogP contribution in [0, 0.1) is 0 Å².